The second-order valence-electron chi connectivity index (χ2n) is 6.62. The number of hydrogen-bond acceptors (Lipinski definition) is 5. The van der Waals surface area contributed by atoms with Gasteiger partial charge in [0, 0.05) is 40.1 Å². The summed E-state index contributed by atoms with van der Waals surface area (Å²) >= 11 is 3.43. The van der Waals surface area contributed by atoms with Crippen LogP contribution in [0.5, 0.6) is 5.75 Å². The Morgan fingerprint density at radius 1 is 1.07 bits per heavy atom. The molecule has 30 heavy (non-hydrogen) atoms. The third-order valence-corrected chi connectivity index (χ3v) is 4.72. The van der Waals surface area contributed by atoms with Crippen LogP contribution in [0, 0.1) is 17.0 Å². The van der Waals surface area contributed by atoms with Gasteiger partial charge in [-0.3, -0.25) is 14.9 Å². The molecule has 1 amide bonds. The number of hydrogen-bond donors (Lipinski definition) is 2. The molecule has 0 fully saturated rings. The molecule has 0 aliphatic rings. The van der Waals surface area contributed by atoms with Crippen molar-refractivity contribution in [3.05, 3.63) is 92.4 Å². The van der Waals surface area contributed by atoms with Crippen molar-refractivity contribution in [3.63, 3.8) is 0 Å². The third kappa shape index (κ3) is 6.05. The smallest absolute Gasteiger partial charge is 0.271 e. The number of non-ortho nitro benzene ring substituents is 1. The summed E-state index contributed by atoms with van der Waals surface area (Å²) in [6.45, 7) is 2.18. The van der Waals surface area contributed by atoms with Gasteiger partial charge in [0.2, 0.25) is 0 Å². The molecule has 0 saturated heterocycles. The standard InChI is InChI=1S/C22H20BrN3O4/c1-15-4-2-6-19(10-15)25-22(27)14-30-21-9-8-17(23)11-16(21)13-24-18-5-3-7-20(12-18)26(28)29/h2-12,24H,13-14H2,1H3,(H,25,27). The van der Waals surface area contributed by atoms with Gasteiger partial charge in [-0.1, -0.05) is 34.1 Å². The van der Waals surface area contributed by atoms with E-state index in [9.17, 15) is 14.9 Å². The first kappa shape index (κ1) is 21.3. The van der Waals surface area contributed by atoms with Crippen LogP contribution in [-0.4, -0.2) is 17.4 Å². The van der Waals surface area contributed by atoms with Crippen LogP contribution in [0.3, 0.4) is 0 Å². The minimum absolute atomic E-state index is 0.0125. The van der Waals surface area contributed by atoms with Gasteiger partial charge in [-0.05, 0) is 48.9 Å². The number of ether oxygens (including phenoxy) is 1. The van der Waals surface area contributed by atoms with Crippen LogP contribution in [0.25, 0.3) is 0 Å². The van der Waals surface area contributed by atoms with Crippen LogP contribution in [0.2, 0.25) is 0 Å². The van der Waals surface area contributed by atoms with Crippen molar-refractivity contribution in [2.75, 3.05) is 17.2 Å². The zero-order chi connectivity index (χ0) is 21.5. The fraction of sp³-hybridized carbons (Fsp3) is 0.136. The van der Waals surface area contributed by atoms with Crippen LogP contribution in [0.4, 0.5) is 17.1 Å². The van der Waals surface area contributed by atoms with Crippen molar-refractivity contribution in [2.45, 2.75) is 13.5 Å². The van der Waals surface area contributed by atoms with E-state index >= 15 is 0 Å². The predicted octanol–water partition coefficient (Wildman–Crippen LogP) is 5.30. The molecule has 0 spiro atoms. The van der Waals surface area contributed by atoms with Crippen molar-refractivity contribution < 1.29 is 14.5 Å². The quantitative estimate of drug-likeness (QED) is 0.345. The second-order valence-corrected chi connectivity index (χ2v) is 7.54. The number of halogens is 1. The maximum atomic E-state index is 12.2. The monoisotopic (exact) mass is 469 g/mol. The van der Waals surface area contributed by atoms with Gasteiger partial charge < -0.3 is 15.4 Å². The number of nitro groups is 1. The van der Waals surface area contributed by atoms with Gasteiger partial charge in [-0.15, -0.1) is 0 Å². The largest absolute Gasteiger partial charge is 0.483 e. The summed E-state index contributed by atoms with van der Waals surface area (Å²) in [4.78, 5) is 22.7. The summed E-state index contributed by atoms with van der Waals surface area (Å²) in [5.74, 6) is 0.289. The number of carbonyl (C=O) groups is 1. The summed E-state index contributed by atoms with van der Waals surface area (Å²) in [5, 5.41) is 16.9. The van der Waals surface area contributed by atoms with Gasteiger partial charge in [0.1, 0.15) is 5.75 Å². The Balaban J connectivity index is 1.64. The molecule has 7 nitrogen and oxygen atoms in total. The van der Waals surface area contributed by atoms with Crippen LogP contribution in [-0.2, 0) is 11.3 Å². The van der Waals surface area contributed by atoms with Crippen molar-refractivity contribution in [1.82, 2.24) is 0 Å². The van der Waals surface area contributed by atoms with Crippen LogP contribution in [0.1, 0.15) is 11.1 Å². The van der Waals surface area contributed by atoms with Crippen molar-refractivity contribution in [2.24, 2.45) is 0 Å². The van der Waals surface area contributed by atoms with E-state index in [2.05, 4.69) is 26.6 Å². The minimum Gasteiger partial charge on any atom is -0.483 e. The first-order chi connectivity index (χ1) is 14.4. The Kier molecular flexibility index (Phi) is 7.03. The fourth-order valence-corrected chi connectivity index (χ4v) is 3.23. The average Bonchev–Trinajstić information content (AvgIpc) is 2.71. The predicted molar refractivity (Wildman–Crippen MR) is 120 cm³/mol. The molecule has 154 valence electrons. The van der Waals surface area contributed by atoms with Crippen molar-refractivity contribution in [3.8, 4) is 5.75 Å². The Labute approximate surface area is 182 Å². The molecule has 0 radical (unpaired) electrons. The highest BCUT2D eigenvalue weighted by Gasteiger charge is 2.10. The number of rotatable bonds is 8. The molecule has 0 aliphatic heterocycles. The number of nitrogens with zero attached hydrogens (tertiary/aromatic N) is 1. The Hall–Kier alpha value is -3.39. The molecule has 0 bridgehead atoms. The molecule has 0 aromatic heterocycles. The first-order valence-electron chi connectivity index (χ1n) is 9.17. The van der Waals surface area contributed by atoms with E-state index < -0.39 is 4.92 Å². The lowest BCUT2D eigenvalue weighted by molar-refractivity contribution is -0.384. The SMILES string of the molecule is Cc1cccc(NC(=O)COc2ccc(Br)cc2CNc2cccc([N+](=O)[O-])c2)c1. The molecule has 3 rings (SSSR count). The molecule has 2 N–H and O–H groups in total. The Morgan fingerprint density at radius 3 is 2.60 bits per heavy atom. The van der Waals surface area contributed by atoms with Gasteiger partial charge in [-0.25, -0.2) is 0 Å². The van der Waals surface area contributed by atoms with Crippen LogP contribution < -0.4 is 15.4 Å². The molecule has 3 aromatic carbocycles. The highest BCUT2D eigenvalue weighted by Crippen LogP contribution is 2.25. The average molecular weight is 470 g/mol. The number of nitrogens with one attached hydrogen (secondary N) is 2. The van der Waals surface area contributed by atoms with Gasteiger partial charge in [0.05, 0.1) is 4.92 Å². The van der Waals surface area contributed by atoms with E-state index in [1.807, 2.05) is 43.3 Å². The fourth-order valence-electron chi connectivity index (χ4n) is 2.82. The minimum atomic E-state index is -0.439. The summed E-state index contributed by atoms with van der Waals surface area (Å²) in [7, 11) is 0. The highest BCUT2D eigenvalue weighted by molar-refractivity contribution is 9.10. The molecule has 0 saturated carbocycles. The lowest BCUT2D eigenvalue weighted by Gasteiger charge is -2.14. The number of aryl methyl sites for hydroxylation is 1. The summed E-state index contributed by atoms with van der Waals surface area (Å²) in [5.41, 5.74) is 3.20. The summed E-state index contributed by atoms with van der Waals surface area (Å²) in [6, 6.07) is 19.3. The van der Waals surface area contributed by atoms with E-state index in [1.54, 1.807) is 18.2 Å². The van der Waals surface area contributed by atoms with E-state index in [0.717, 1.165) is 15.6 Å². The van der Waals surface area contributed by atoms with E-state index in [-0.39, 0.29) is 18.2 Å². The highest BCUT2D eigenvalue weighted by atomic mass is 79.9. The maximum Gasteiger partial charge on any atom is 0.271 e. The zero-order valence-corrected chi connectivity index (χ0v) is 17.8. The molecule has 8 heteroatoms. The number of nitro benzene ring substituents is 1. The lowest BCUT2D eigenvalue weighted by Crippen LogP contribution is -2.20. The normalized spacial score (nSPS) is 10.3. The van der Waals surface area contributed by atoms with Gasteiger partial charge >= 0.3 is 0 Å². The van der Waals surface area contributed by atoms with E-state index in [1.165, 1.54) is 12.1 Å². The summed E-state index contributed by atoms with van der Waals surface area (Å²) < 4.78 is 6.58. The lowest BCUT2D eigenvalue weighted by atomic mass is 10.2. The molecule has 0 atom stereocenters. The number of carbonyl (C=O) groups excluding carboxylic acids is 1. The van der Waals surface area contributed by atoms with Gasteiger partial charge in [0.15, 0.2) is 6.61 Å². The second kappa shape index (κ2) is 9.89. The first-order valence-corrected chi connectivity index (χ1v) is 9.96. The van der Waals surface area contributed by atoms with Gasteiger partial charge in [0.25, 0.3) is 11.6 Å². The van der Waals surface area contributed by atoms with E-state index in [4.69, 9.17) is 4.74 Å². The summed E-state index contributed by atoms with van der Waals surface area (Å²) in [6.07, 6.45) is 0. The van der Waals surface area contributed by atoms with Crippen LogP contribution >= 0.6 is 15.9 Å². The molecular weight excluding hydrogens is 450 g/mol. The Bertz CT molecular complexity index is 1070. The number of benzene rings is 3. The topological polar surface area (TPSA) is 93.5 Å². The molecule has 0 heterocycles. The zero-order valence-electron chi connectivity index (χ0n) is 16.2. The van der Waals surface area contributed by atoms with Gasteiger partial charge in [-0.2, -0.15) is 0 Å². The van der Waals surface area contributed by atoms with E-state index in [0.29, 0.717) is 23.7 Å². The maximum absolute atomic E-state index is 12.2. The number of amides is 1. The van der Waals surface area contributed by atoms with Crippen molar-refractivity contribution >= 4 is 38.9 Å². The molecule has 0 unspecified atom stereocenters. The third-order valence-electron chi connectivity index (χ3n) is 4.22. The molecule has 3 aromatic rings. The van der Waals surface area contributed by atoms with Crippen LogP contribution in [0.15, 0.2) is 71.2 Å². The number of anilines is 2. The Morgan fingerprint density at radius 2 is 1.83 bits per heavy atom. The molecular formula is C22H20BrN3O4. The molecule has 0 aliphatic carbocycles. The van der Waals surface area contributed by atoms with Crippen molar-refractivity contribution in [1.29, 1.82) is 0 Å².